The van der Waals surface area contributed by atoms with Crippen LogP contribution in [0.5, 0.6) is 11.5 Å². The molecule has 0 aromatic heterocycles. The summed E-state index contributed by atoms with van der Waals surface area (Å²) in [5, 5.41) is 0. The highest BCUT2D eigenvalue weighted by Crippen LogP contribution is 2.29. The quantitative estimate of drug-likeness (QED) is 0.577. The van der Waals surface area contributed by atoms with Gasteiger partial charge >= 0.3 is 5.97 Å². The highest BCUT2D eigenvalue weighted by molar-refractivity contribution is 5.87. The minimum Gasteiger partial charge on any atom is -0.493 e. The largest absolute Gasteiger partial charge is 0.493 e. The summed E-state index contributed by atoms with van der Waals surface area (Å²) in [4.78, 5) is 11.9. The van der Waals surface area contributed by atoms with Crippen LogP contribution in [0.4, 0.5) is 0 Å². The Kier molecular flexibility index (Phi) is 6.51. The van der Waals surface area contributed by atoms with Gasteiger partial charge in [-0.05, 0) is 63.3 Å². The Bertz CT molecular complexity index is 542. The lowest BCUT2D eigenvalue weighted by atomic mass is 9.98. The summed E-state index contributed by atoms with van der Waals surface area (Å²) in [6.45, 7) is 3.93. The van der Waals surface area contributed by atoms with Crippen molar-refractivity contribution in [1.82, 2.24) is 0 Å². The van der Waals surface area contributed by atoms with Crippen LogP contribution in [0.3, 0.4) is 0 Å². The van der Waals surface area contributed by atoms with E-state index in [1.165, 1.54) is 12.5 Å². The van der Waals surface area contributed by atoms with Crippen LogP contribution in [0, 0.1) is 0 Å². The van der Waals surface area contributed by atoms with Crippen molar-refractivity contribution in [3.05, 3.63) is 29.8 Å². The van der Waals surface area contributed by atoms with Gasteiger partial charge in [0, 0.05) is 6.08 Å². The molecule has 1 fully saturated rings. The highest BCUT2D eigenvalue weighted by Gasteiger charge is 2.16. The third-order valence-electron chi connectivity index (χ3n) is 3.80. The predicted octanol–water partition coefficient (Wildman–Crippen LogP) is 4.37. The van der Waals surface area contributed by atoms with Gasteiger partial charge in [0.2, 0.25) is 0 Å². The molecule has 0 unspecified atom stereocenters. The van der Waals surface area contributed by atoms with Crippen LogP contribution >= 0.6 is 0 Å². The number of ether oxygens (including phenoxy) is 3. The van der Waals surface area contributed by atoms with Crippen molar-refractivity contribution in [2.45, 2.75) is 58.2 Å². The van der Waals surface area contributed by atoms with E-state index < -0.39 is 0 Å². The minimum atomic E-state index is -0.279. The Morgan fingerprint density at radius 1 is 1.17 bits per heavy atom. The number of carbonyl (C=O) groups is 1. The van der Waals surface area contributed by atoms with E-state index in [4.69, 9.17) is 14.2 Å². The number of hydrogen-bond acceptors (Lipinski definition) is 4. The second-order valence-corrected chi connectivity index (χ2v) is 6.11. The monoisotopic (exact) mass is 318 g/mol. The Balaban J connectivity index is 1.96. The lowest BCUT2D eigenvalue weighted by molar-refractivity contribution is -0.144. The highest BCUT2D eigenvalue weighted by atomic mass is 16.5. The number of methoxy groups -OCH3 is 1. The molecule has 23 heavy (non-hydrogen) atoms. The minimum absolute atomic E-state index is 0.0794. The first-order chi connectivity index (χ1) is 11.1. The molecule has 0 N–H and O–H groups in total. The fourth-order valence-electron chi connectivity index (χ4n) is 2.69. The molecule has 4 heteroatoms. The molecule has 0 spiro atoms. The van der Waals surface area contributed by atoms with Crippen LogP contribution in [-0.2, 0) is 9.53 Å². The van der Waals surface area contributed by atoms with Crippen molar-refractivity contribution in [3.8, 4) is 11.5 Å². The zero-order chi connectivity index (χ0) is 16.7. The maximum atomic E-state index is 11.9. The average molecular weight is 318 g/mol. The van der Waals surface area contributed by atoms with Crippen LogP contribution in [-0.4, -0.2) is 25.3 Å². The fraction of sp³-hybridized carbons (Fsp3) is 0.526. The van der Waals surface area contributed by atoms with Crippen molar-refractivity contribution >= 4 is 12.0 Å². The Morgan fingerprint density at radius 2 is 1.91 bits per heavy atom. The number of rotatable bonds is 6. The molecule has 1 aliphatic carbocycles. The zero-order valence-corrected chi connectivity index (χ0v) is 14.2. The van der Waals surface area contributed by atoms with Gasteiger partial charge in [0.1, 0.15) is 6.10 Å². The van der Waals surface area contributed by atoms with Gasteiger partial charge in [-0.25, -0.2) is 4.79 Å². The van der Waals surface area contributed by atoms with Gasteiger partial charge in [-0.1, -0.05) is 12.5 Å². The van der Waals surface area contributed by atoms with Gasteiger partial charge in [0.15, 0.2) is 11.5 Å². The fourth-order valence-corrected chi connectivity index (χ4v) is 2.69. The molecule has 0 atom stereocenters. The number of hydrogen-bond donors (Lipinski definition) is 0. The molecule has 0 radical (unpaired) electrons. The van der Waals surface area contributed by atoms with E-state index >= 15 is 0 Å². The molecule has 1 aromatic carbocycles. The summed E-state index contributed by atoms with van der Waals surface area (Å²) in [5.41, 5.74) is 0.874. The SMILES string of the molecule is COc1cc(/C=C/C(=O)OC2CCCCC2)ccc1OC(C)C. The van der Waals surface area contributed by atoms with E-state index in [0.717, 1.165) is 31.2 Å². The molecule has 0 aliphatic heterocycles. The lowest BCUT2D eigenvalue weighted by Gasteiger charge is -2.20. The number of benzene rings is 1. The summed E-state index contributed by atoms with van der Waals surface area (Å²) in [7, 11) is 1.60. The Labute approximate surface area is 138 Å². The van der Waals surface area contributed by atoms with Gasteiger partial charge in [-0.2, -0.15) is 0 Å². The topological polar surface area (TPSA) is 44.8 Å². The van der Waals surface area contributed by atoms with E-state index in [1.807, 2.05) is 32.0 Å². The summed E-state index contributed by atoms with van der Waals surface area (Å²) in [6.07, 6.45) is 8.89. The maximum Gasteiger partial charge on any atom is 0.331 e. The van der Waals surface area contributed by atoms with Crippen molar-refractivity contribution in [1.29, 1.82) is 0 Å². The lowest BCUT2D eigenvalue weighted by Crippen LogP contribution is -2.19. The molecule has 126 valence electrons. The second-order valence-electron chi connectivity index (χ2n) is 6.11. The molecular weight excluding hydrogens is 292 g/mol. The third-order valence-corrected chi connectivity index (χ3v) is 3.80. The third kappa shape index (κ3) is 5.62. The molecule has 0 amide bonds. The molecule has 1 aliphatic rings. The van der Waals surface area contributed by atoms with Crippen LogP contribution in [0.1, 0.15) is 51.5 Å². The smallest absolute Gasteiger partial charge is 0.331 e. The standard InChI is InChI=1S/C19H26O4/c1-14(2)22-17-11-9-15(13-18(17)21-3)10-12-19(20)23-16-7-5-4-6-8-16/h9-14,16H,4-8H2,1-3H3/b12-10+. The van der Waals surface area contributed by atoms with Gasteiger partial charge in [0.05, 0.1) is 13.2 Å². The number of esters is 1. The van der Waals surface area contributed by atoms with E-state index in [-0.39, 0.29) is 18.2 Å². The van der Waals surface area contributed by atoms with Crippen LogP contribution < -0.4 is 9.47 Å². The van der Waals surface area contributed by atoms with Crippen molar-refractivity contribution in [2.75, 3.05) is 7.11 Å². The Hall–Kier alpha value is -1.97. The molecule has 4 nitrogen and oxygen atoms in total. The van der Waals surface area contributed by atoms with Crippen LogP contribution in [0.25, 0.3) is 6.08 Å². The first-order valence-corrected chi connectivity index (χ1v) is 8.32. The van der Waals surface area contributed by atoms with E-state index in [0.29, 0.717) is 11.5 Å². The van der Waals surface area contributed by atoms with Crippen molar-refractivity contribution in [3.63, 3.8) is 0 Å². The van der Waals surface area contributed by atoms with Crippen molar-refractivity contribution in [2.24, 2.45) is 0 Å². The molecule has 1 saturated carbocycles. The molecule has 0 bridgehead atoms. The first-order valence-electron chi connectivity index (χ1n) is 8.32. The molecule has 0 saturated heterocycles. The van der Waals surface area contributed by atoms with Gasteiger partial charge in [-0.15, -0.1) is 0 Å². The summed E-state index contributed by atoms with van der Waals surface area (Å²) < 4.78 is 16.5. The van der Waals surface area contributed by atoms with Gasteiger partial charge in [0.25, 0.3) is 0 Å². The van der Waals surface area contributed by atoms with Crippen LogP contribution in [0.15, 0.2) is 24.3 Å². The van der Waals surface area contributed by atoms with Gasteiger partial charge in [-0.3, -0.25) is 0 Å². The van der Waals surface area contributed by atoms with Gasteiger partial charge < -0.3 is 14.2 Å². The maximum absolute atomic E-state index is 11.9. The molecular formula is C19H26O4. The van der Waals surface area contributed by atoms with E-state index in [9.17, 15) is 4.79 Å². The normalized spacial score (nSPS) is 15.8. The molecule has 1 aromatic rings. The Morgan fingerprint density at radius 3 is 2.57 bits per heavy atom. The summed E-state index contributed by atoms with van der Waals surface area (Å²) >= 11 is 0. The van der Waals surface area contributed by atoms with E-state index in [1.54, 1.807) is 13.2 Å². The van der Waals surface area contributed by atoms with Crippen molar-refractivity contribution < 1.29 is 19.0 Å². The average Bonchev–Trinajstić information content (AvgIpc) is 2.54. The molecule has 2 rings (SSSR count). The van der Waals surface area contributed by atoms with E-state index in [2.05, 4.69) is 0 Å². The summed E-state index contributed by atoms with van der Waals surface area (Å²) in [6, 6.07) is 5.59. The first kappa shape index (κ1) is 17.4. The van der Waals surface area contributed by atoms with Crippen LogP contribution in [0.2, 0.25) is 0 Å². The number of carbonyl (C=O) groups excluding carboxylic acids is 1. The molecule has 0 heterocycles. The zero-order valence-electron chi connectivity index (χ0n) is 14.2. The second kappa shape index (κ2) is 8.61. The summed E-state index contributed by atoms with van der Waals surface area (Å²) in [5.74, 6) is 1.07. The predicted molar refractivity (Wildman–Crippen MR) is 90.8 cm³/mol.